The molecule has 0 N–H and O–H groups in total. The SMILES string of the molecule is C=CC[C@H]1C=C(c2cccc3ccccc23)C(=O)O1. The average molecular weight is 250 g/mol. The Bertz CT molecular complexity index is 677. The lowest BCUT2D eigenvalue weighted by Crippen LogP contribution is -2.06. The van der Waals surface area contributed by atoms with Crippen molar-refractivity contribution < 1.29 is 9.53 Å². The zero-order chi connectivity index (χ0) is 13.2. The maximum absolute atomic E-state index is 12.0. The van der Waals surface area contributed by atoms with Crippen LogP contribution in [0, 0.1) is 0 Å². The van der Waals surface area contributed by atoms with Crippen molar-refractivity contribution >= 4 is 22.3 Å². The number of benzene rings is 2. The first kappa shape index (κ1) is 11.7. The van der Waals surface area contributed by atoms with E-state index in [1.807, 2.05) is 48.5 Å². The van der Waals surface area contributed by atoms with Crippen molar-refractivity contribution in [1.29, 1.82) is 0 Å². The lowest BCUT2D eigenvalue weighted by molar-refractivity contribution is -0.137. The van der Waals surface area contributed by atoms with Crippen molar-refractivity contribution in [2.45, 2.75) is 12.5 Å². The minimum absolute atomic E-state index is 0.182. The van der Waals surface area contributed by atoms with Gasteiger partial charge in [0.05, 0.1) is 5.57 Å². The Hall–Kier alpha value is -2.35. The number of cyclic esters (lactones) is 1. The molecule has 19 heavy (non-hydrogen) atoms. The summed E-state index contributed by atoms with van der Waals surface area (Å²) in [6, 6.07) is 14.0. The third-order valence-electron chi connectivity index (χ3n) is 3.31. The molecule has 0 fully saturated rings. The van der Waals surface area contributed by atoms with E-state index < -0.39 is 0 Å². The van der Waals surface area contributed by atoms with Crippen LogP contribution in [0.15, 0.2) is 61.2 Å². The maximum atomic E-state index is 12.0. The van der Waals surface area contributed by atoms with Gasteiger partial charge < -0.3 is 4.74 Å². The third-order valence-corrected chi connectivity index (χ3v) is 3.31. The molecular weight excluding hydrogens is 236 g/mol. The van der Waals surface area contributed by atoms with Crippen LogP contribution in [-0.4, -0.2) is 12.1 Å². The van der Waals surface area contributed by atoms with Gasteiger partial charge in [-0.15, -0.1) is 6.58 Å². The molecule has 1 aliphatic heterocycles. The zero-order valence-electron chi connectivity index (χ0n) is 10.5. The molecule has 0 saturated heterocycles. The molecule has 0 aliphatic carbocycles. The summed E-state index contributed by atoms with van der Waals surface area (Å²) in [4.78, 5) is 12.0. The van der Waals surface area contributed by atoms with Crippen LogP contribution < -0.4 is 0 Å². The van der Waals surface area contributed by atoms with Crippen LogP contribution in [0.5, 0.6) is 0 Å². The lowest BCUT2D eigenvalue weighted by Gasteiger charge is -2.05. The van der Waals surface area contributed by atoms with Gasteiger partial charge in [0.1, 0.15) is 6.10 Å². The number of hydrogen-bond donors (Lipinski definition) is 0. The Morgan fingerprint density at radius 1 is 1.16 bits per heavy atom. The van der Waals surface area contributed by atoms with E-state index in [1.165, 1.54) is 0 Å². The van der Waals surface area contributed by atoms with Gasteiger partial charge in [-0.1, -0.05) is 48.5 Å². The van der Waals surface area contributed by atoms with E-state index in [0.717, 1.165) is 16.3 Å². The number of esters is 1. The molecule has 0 saturated carbocycles. The molecule has 2 aromatic rings. The topological polar surface area (TPSA) is 26.3 Å². The monoisotopic (exact) mass is 250 g/mol. The third kappa shape index (κ3) is 2.06. The predicted molar refractivity (Wildman–Crippen MR) is 76.6 cm³/mol. The van der Waals surface area contributed by atoms with Crippen LogP contribution in [0.2, 0.25) is 0 Å². The summed E-state index contributed by atoms with van der Waals surface area (Å²) >= 11 is 0. The van der Waals surface area contributed by atoms with Crippen molar-refractivity contribution in [1.82, 2.24) is 0 Å². The second-order valence-electron chi connectivity index (χ2n) is 4.58. The van der Waals surface area contributed by atoms with E-state index in [9.17, 15) is 4.79 Å². The number of rotatable bonds is 3. The minimum atomic E-state index is -0.247. The van der Waals surface area contributed by atoms with Crippen LogP contribution in [0.25, 0.3) is 16.3 Å². The molecule has 94 valence electrons. The van der Waals surface area contributed by atoms with E-state index in [-0.39, 0.29) is 12.1 Å². The molecule has 1 heterocycles. The number of hydrogen-bond acceptors (Lipinski definition) is 2. The molecular formula is C17H14O2. The molecule has 3 rings (SSSR count). The normalized spacial score (nSPS) is 18.2. The molecule has 1 aliphatic rings. The molecule has 0 spiro atoms. The fraction of sp³-hybridized carbons (Fsp3) is 0.118. The Morgan fingerprint density at radius 2 is 1.95 bits per heavy atom. The van der Waals surface area contributed by atoms with E-state index in [4.69, 9.17) is 4.74 Å². The van der Waals surface area contributed by atoms with Crippen molar-refractivity contribution in [2.75, 3.05) is 0 Å². The van der Waals surface area contributed by atoms with E-state index in [2.05, 4.69) is 6.58 Å². The van der Waals surface area contributed by atoms with Crippen molar-refractivity contribution in [3.05, 3.63) is 66.8 Å². The van der Waals surface area contributed by atoms with Crippen LogP contribution in [0.3, 0.4) is 0 Å². The van der Waals surface area contributed by atoms with Crippen LogP contribution in [0.4, 0.5) is 0 Å². The van der Waals surface area contributed by atoms with Gasteiger partial charge in [-0.05, 0) is 22.4 Å². The lowest BCUT2D eigenvalue weighted by atomic mass is 9.98. The van der Waals surface area contributed by atoms with Crippen LogP contribution in [0.1, 0.15) is 12.0 Å². The molecule has 0 aromatic heterocycles. The highest BCUT2D eigenvalue weighted by atomic mass is 16.5. The average Bonchev–Trinajstić information content (AvgIpc) is 2.79. The summed E-state index contributed by atoms with van der Waals surface area (Å²) in [5.41, 5.74) is 1.60. The van der Waals surface area contributed by atoms with Crippen molar-refractivity contribution in [3.8, 4) is 0 Å². The standard InChI is InChI=1S/C17H14O2/c1-2-6-13-11-16(17(18)19-13)15-10-5-8-12-7-3-4-9-14(12)15/h2-5,7-11,13H,1,6H2/t13-/m0/s1. The fourth-order valence-corrected chi connectivity index (χ4v) is 2.43. The largest absolute Gasteiger partial charge is 0.454 e. The van der Waals surface area contributed by atoms with Gasteiger partial charge in [0.2, 0.25) is 0 Å². The first-order chi connectivity index (χ1) is 9.29. The summed E-state index contributed by atoms with van der Waals surface area (Å²) in [6.45, 7) is 3.68. The second kappa shape index (κ2) is 4.73. The molecule has 1 atom stereocenters. The van der Waals surface area contributed by atoms with Gasteiger partial charge in [-0.25, -0.2) is 4.79 Å². The molecule has 2 heteroatoms. The number of ether oxygens (including phenoxy) is 1. The van der Waals surface area contributed by atoms with Crippen LogP contribution >= 0.6 is 0 Å². The molecule has 0 bridgehead atoms. The Kier molecular flexibility index (Phi) is 2.92. The summed E-state index contributed by atoms with van der Waals surface area (Å²) < 4.78 is 5.31. The zero-order valence-corrected chi connectivity index (χ0v) is 10.5. The van der Waals surface area contributed by atoms with Crippen molar-refractivity contribution in [2.24, 2.45) is 0 Å². The van der Waals surface area contributed by atoms with E-state index >= 15 is 0 Å². The van der Waals surface area contributed by atoms with Gasteiger partial charge in [-0.2, -0.15) is 0 Å². The highest BCUT2D eigenvalue weighted by Crippen LogP contribution is 2.30. The first-order valence-electron chi connectivity index (χ1n) is 6.31. The van der Waals surface area contributed by atoms with Gasteiger partial charge in [0.15, 0.2) is 0 Å². The van der Waals surface area contributed by atoms with Gasteiger partial charge in [0, 0.05) is 6.42 Å². The smallest absolute Gasteiger partial charge is 0.339 e. The summed E-state index contributed by atoms with van der Waals surface area (Å²) in [5.74, 6) is -0.247. The Labute approximate surface area is 112 Å². The van der Waals surface area contributed by atoms with Crippen LogP contribution in [-0.2, 0) is 9.53 Å². The predicted octanol–water partition coefficient (Wildman–Crippen LogP) is 3.72. The van der Waals surface area contributed by atoms with Gasteiger partial charge in [-0.3, -0.25) is 0 Å². The first-order valence-corrected chi connectivity index (χ1v) is 6.31. The van der Waals surface area contributed by atoms with Crippen molar-refractivity contribution in [3.63, 3.8) is 0 Å². The molecule has 2 nitrogen and oxygen atoms in total. The molecule has 0 amide bonds. The minimum Gasteiger partial charge on any atom is -0.454 e. The summed E-state index contributed by atoms with van der Waals surface area (Å²) in [6.07, 6.45) is 4.13. The fourth-order valence-electron chi connectivity index (χ4n) is 2.43. The number of carbonyl (C=O) groups is 1. The quantitative estimate of drug-likeness (QED) is 0.613. The highest BCUT2D eigenvalue weighted by molar-refractivity contribution is 6.21. The molecule has 0 unspecified atom stereocenters. The van der Waals surface area contributed by atoms with Gasteiger partial charge in [0.25, 0.3) is 0 Å². The van der Waals surface area contributed by atoms with E-state index in [0.29, 0.717) is 12.0 Å². The summed E-state index contributed by atoms with van der Waals surface area (Å²) in [7, 11) is 0. The van der Waals surface area contributed by atoms with E-state index in [1.54, 1.807) is 6.08 Å². The second-order valence-corrected chi connectivity index (χ2v) is 4.58. The summed E-state index contributed by atoms with van der Waals surface area (Å²) in [5, 5.41) is 2.20. The van der Waals surface area contributed by atoms with Gasteiger partial charge >= 0.3 is 5.97 Å². The molecule has 2 aromatic carbocycles. The maximum Gasteiger partial charge on any atom is 0.339 e. The number of fused-ring (bicyclic) bond motifs is 1. The number of carbonyl (C=O) groups excluding carboxylic acids is 1. The molecule has 0 radical (unpaired) electrons. The highest BCUT2D eigenvalue weighted by Gasteiger charge is 2.26. The Balaban J connectivity index is 2.12. The Morgan fingerprint density at radius 3 is 2.79 bits per heavy atom.